The Bertz CT molecular complexity index is 947. The molecule has 1 N–H and O–H groups in total. The van der Waals surface area contributed by atoms with E-state index in [0.717, 1.165) is 38.8 Å². The van der Waals surface area contributed by atoms with Gasteiger partial charge in [0.1, 0.15) is 0 Å². The second-order valence-corrected chi connectivity index (χ2v) is 7.40. The van der Waals surface area contributed by atoms with Gasteiger partial charge >= 0.3 is 5.69 Å². The molecular formula is C19H24N4O3. The van der Waals surface area contributed by atoms with E-state index in [1.165, 1.54) is 4.57 Å². The maximum atomic E-state index is 12.8. The van der Waals surface area contributed by atoms with Crippen molar-refractivity contribution in [2.24, 2.45) is 0 Å². The van der Waals surface area contributed by atoms with Crippen molar-refractivity contribution in [1.29, 1.82) is 0 Å². The molecule has 0 bridgehead atoms. The number of likely N-dealkylation sites (N-methyl/N-ethyl adjacent to an activating group) is 1. The fourth-order valence-electron chi connectivity index (χ4n) is 4.05. The van der Waals surface area contributed by atoms with Crippen LogP contribution in [0.15, 0.2) is 27.8 Å². The van der Waals surface area contributed by atoms with E-state index in [4.69, 9.17) is 0 Å². The lowest BCUT2D eigenvalue weighted by atomic mass is 10.1. The molecule has 0 unspecified atom stereocenters. The summed E-state index contributed by atoms with van der Waals surface area (Å²) in [7, 11) is 2.04. The third-order valence-corrected chi connectivity index (χ3v) is 5.66. The first kappa shape index (κ1) is 17.0. The molecule has 7 heteroatoms. The SMILES string of the molecule is CN1CCN(C(=O)c2ccc3c(=O)n(C4CCCC4)c(=O)[nH]c3c2)CC1. The number of benzene rings is 1. The number of hydrogen-bond acceptors (Lipinski definition) is 4. The molecule has 1 amide bonds. The van der Waals surface area contributed by atoms with Crippen molar-refractivity contribution in [1.82, 2.24) is 19.4 Å². The summed E-state index contributed by atoms with van der Waals surface area (Å²) in [5, 5.41) is 0.464. The van der Waals surface area contributed by atoms with Gasteiger partial charge in [-0.25, -0.2) is 4.79 Å². The van der Waals surface area contributed by atoms with Gasteiger partial charge in [-0.2, -0.15) is 0 Å². The predicted molar refractivity (Wildman–Crippen MR) is 99.7 cm³/mol. The van der Waals surface area contributed by atoms with Gasteiger partial charge in [-0.05, 0) is 38.1 Å². The summed E-state index contributed by atoms with van der Waals surface area (Å²) in [6, 6.07) is 4.99. The van der Waals surface area contributed by atoms with E-state index in [9.17, 15) is 14.4 Å². The largest absolute Gasteiger partial charge is 0.336 e. The highest BCUT2D eigenvalue weighted by molar-refractivity contribution is 5.97. The molecule has 26 heavy (non-hydrogen) atoms. The maximum Gasteiger partial charge on any atom is 0.329 e. The molecule has 0 atom stereocenters. The van der Waals surface area contributed by atoms with Crippen LogP contribution >= 0.6 is 0 Å². The number of piperazine rings is 1. The summed E-state index contributed by atoms with van der Waals surface area (Å²) in [5.41, 5.74) is 0.317. The van der Waals surface area contributed by atoms with Crippen LogP contribution in [0.25, 0.3) is 10.9 Å². The minimum absolute atomic E-state index is 0.0118. The van der Waals surface area contributed by atoms with Gasteiger partial charge in [0.15, 0.2) is 0 Å². The summed E-state index contributed by atoms with van der Waals surface area (Å²) in [6.45, 7) is 3.07. The highest BCUT2D eigenvalue weighted by atomic mass is 16.2. The van der Waals surface area contributed by atoms with Crippen molar-refractivity contribution in [3.8, 4) is 0 Å². The molecule has 1 aromatic carbocycles. The second-order valence-electron chi connectivity index (χ2n) is 7.40. The topological polar surface area (TPSA) is 78.4 Å². The first-order valence-electron chi connectivity index (χ1n) is 9.31. The molecule has 1 saturated heterocycles. The van der Waals surface area contributed by atoms with Gasteiger partial charge < -0.3 is 14.8 Å². The molecule has 2 fully saturated rings. The zero-order chi connectivity index (χ0) is 18.3. The van der Waals surface area contributed by atoms with Crippen LogP contribution in [0, 0.1) is 0 Å². The van der Waals surface area contributed by atoms with E-state index >= 15 is 0 Å². The highest BCUT2D eigenvalue weighted by Crippen LogP contribution is 2.27. The average molecular weight is 356 g/mol. The first-order valence-corrected chi connectivity index (χ1v) is 9.31. The first-order chi connectivity index (χ1) is 12.5. The van der Waals surface area contributed by atoms with Crippen molar-refractivity contribution in [3.05, 3.63) is 44.6 Å². The lowest BCUT2D eigenvalue weighted by molar-refractivity contribution is 0.0664. The fourth-order valence-corrected chi connectivity index (χ4v) is 4.05. The fraction of sp³-hybridized carbons (Fsp3) is 0.526. The maximum absolute atomic E-state index is 12.8. The molecule has 4 rings (SSSR count). The third kappa shape index (κ3) is 2.96. The van der Waals surface area contributed by atoms with E-state index in [1.807, 2.05) is 11.9 Å². The molecule has 2 aliphatic rings. The van der Waals surface area contributed by atoms with Crippen molar-refractivity contribution >= 4 is 16.8 Å². The number of hydrogen-bond donors (Lipinski definition) is 1. The summed E-state index contributed by atoms with van der Waals surface area (Å²) in [6.07, 6.45) is 3.84. The van der Waals surface area contributed by atoms with Crippen molar-refractivity contribution in [3.63, 3.8) is 0 Å². The average Bonchev–Trinajstić information content (AvgIpc) is 3.15. The van der Waals surface area contributed by atoms with E-state index in [1.54, 1.807) is 18.2 Å². The van der Waals surface area contributed by atoms with Crippen LogP contribution in [-0.2, 0) is 0 Å². The highest BCUT2D eigenvalue weighted by Gasteiger charge is 2.23. The number of H-pyrrole nitrogens is 1. The molecule has 1 aromatic heterocycles. The van der Waals surface area contributed by atoms with Crippen LogP contribution < -0.4 is 11.2 Å². The van der Waals surface area contributed by atoms with Crippen LogP contribution in [0.1, 0.15) is 42.1 Å². The number of nitrogens with zero attached hydrogens (tertiary/aromatic N) is 3. The van der Waals surface area contributed by atoms with Gasteiger partial charge in [0, 0.05) is 37.8 Å². The molecule has 1 aliphatic heterocycles. The van der Waals surface area contributed by atoms with Gasteiger partial charge in [0.25, 0.3) is 11.5 Å². The van der Waals surface area contributed by atoms with Gasteiger partial charge in [0.2, 0.25) is 0 Å². The van der Waals surface area contributed by atoms with E-state index in [-0.39, 0.29) is 23.2 Å². The Kier molecular flexibility index (Phi) is 4.40. The smallest absolute Gasteiger partial charge is 0.329 e. The van der Waals surface area contributed by atoms with Gasteiger partial charge in [0.05, 0.1) is 10.9 Å². The van der Waals surface area contributed by atoms with Crippen LogP contribution in [0.3, 0.4) is 0 Å². The van der Waals surface area contributed by atoms with E-state index in [0.29, 0.717) is 29.6 Å². The number of nitrogens with one attached hydrogen (secondary N) is 1. The number of rotatable bonds is 2. The van der Waals surface area contributed by atoms with Crippen LogP contribution in [0.5, 0.6) is 0 Å². The summed E-state index contributed by atoms with van der Waals surface area (Å²) in [4.78, 5) is 44.8. The summed E-state index contributed by atoms with van der Waals surface area (Å²) < 4.78 is 1.36. The Hall–Kier alpha value is -2.41. The zero-order valence-electron chi connectivity index (χ0n) is 15.0. The number of aromatic nitrogens is 2. The van der Waals surface area contributed by atoms with Crippen molar-refractivity contribution in [2.75, 3.05) is 33.2 Å². The van der Waals surface area contributed by atoms with Gasteiger partial charge in [-0.15, -0.1) is 0 Å². The normalized spacial score (nSPS) is 19.3. The predicted octanol–water partition coefficient (Wildman–Crippen LogP) is 1.19. The molecule has 7 nitrogen and oxygen atoms in total. The third-order valence-electron chi connectivity index (χ3n) is 5.66. The number of amides is 1. The van der Waals surface area contributed by atoms with Gasteiger partial charge in [-0.3, -0.25) is 14.2 Å². The standard InChI is InChI=1S/C19H24N4O3/c1-21-8-10-22(11-9-21)17(24)13-6-7-15-16(12-13)20-19(26)23(18(15)25)14-4-2-3-5-14/h6-7,12,14H,2-5,8-11H2,1H3,(H,20,26). The van der Waals surface area contributed by atoms with Crippen LogP contribution in [0.4, 0.5) is 0 Å². The molecule has 0 radical (unpaired) electrons. The number of aromatic amines is 1. The Morgan fingerprint density at radius 2 is 1.77 bits per heavy atom. The molecule has 0 spiro atoms. The second kappa shape index (κ2) is 6.72. The monoisotopic (exact) mass is 356 g/mol. The Morgan fingerprint density at radius 1 is 1.08 bits per heavy atom. The number of carbonyl (C=O) groups excluding carboxylic acids is 1. The Balaban J connectivity index is 1.70. The Morgan fingerprint density at radius 3 is 2.46 bits per heavy atom. The molecule has 1 saturated carbocycles. The van der Waals surface area contributed by atoms with E-state index < -0.39 is 0 Å². The molecular weight excluding hydrogens is 332 g/mol. The van der Waals surface area contributed by atoms with Crippen LogP contribution in [0.2, 0.25) is 0 Å². The molecule has 138 valence electrons. The summed E-state index contributed by atoms with van der Waals surface area (Å²) in [5.74, 6) is -0.0548. The zero-order valence-corrected chi connectivity index (χ0v) is 15.0. The lowest BCUT2D eigenvalue weighted by Gasteiger charge is -2.32. The molecule has 1 aliphatic carbocycles. The number of fused-ring (bicyclic) bond motifs is 1. The van der Waals surface area contributed by atoms with Crippen molar-refractivity contribution < 1.29 is 4.79 Å². The van der Waals surface area contributed by atoms with Gasteiger partial charge in [-0.1, -0.05) is 12.8 Å². The minimum Gasteiger partial charge on any atom is -0.336 e. The summed E-state index contributed by atoms with van der Waals surface area (Å²) >= 11 is 0. The Labute approximate surface area is 151 Å². The minimum atomic E-state index is -0.376. The molecule has 2 heterocycles. The number of carbonyl (C=O) groups is 1. The lowest BCUT2D eigenvalue weighted by Crippen LogP contribution is -2.47. The molecule has 2 aromatic rings. The van der Waals surface area contributed by atoms with E-state index in [2.05, 4.69) is 9.88 Å². The van der Waals surface area contributed by atoms with Crippen LogP contribution in [-0.4, -0.2) is 58.5 Å². The van der Waals surface area contributed by atoms with Crippen molar-refractivity contribution in [2.45, 2.75) is 31.7 Å². The quantitative estimate of drug-likeness (QED) is 0.877.